The Kier molecular flexibility index (Phi) is 8.42. The van der Waals surface area contributed by atoms with Gasteiger partial charge in [-0.2, -0.15) is 0 Å². The molecule has 0 aromatic heterocycles. The lowest BCUT2D eigenvalue weighted by Gasteiger charge is -2.41. The molecule has 1 aliphatic heterocycles. The lowest BCUT2D eigenvalue weighted by Crippen LogP contribution is -2.56. The summed E-state index contributed by atoms with van der Waals surface area (Å²) in [6.45, 7) is 9.54. The van der Waals surface area contributed by atoms with Crippen molar-refractivity contribution in [2.24, 2.45) is 4.99 Å². The number of morpholine rings is 1. The molecule has 0 aliphatic carbocycles. The Hall–Kier alpha value is -2.43. The Bertz CT molecular complexity index is 691. The van der Waals surface area contributed by atoms with Gasteiger partial charge in [-0.3, -0.25) is 9.89 Å². The SMILES string of the molecule is C#CCOc1cc(CNC(=NC)NCC(C)(C)N2CCOCC2)ccc1OC. The van der Waals surface area contributed by atoms with Gasteiger partial charge in [-0.25, -0.2) is 0 Å². The average Bonchev–Trinajstić information content (AvgIpc) is 2.73. The van der Waals surface area contributed by atoms with Crippen LogP contribution in [-0.2, 0) is 11.3 Å². The van der Waals surface area contributed by atoms with Gasteiger partial charge in [0, 0.05) is 38.8 Å². The summed E-state index contributed by atoms with van der Waals surface area (Å²) in [6, 6.07) is 5.79. The number of ether oxygens (including phenoxy) is 3. The van der Waals surface area contributed by atoms with E-state index in [4.69, 9.17) is 20.6 Å². The van der Waals surface area contributed by atoms with Crippen LogP contribution in [0.3, 0.4) is 0 Å². The zero-order chi connectivity index (χ0) is 20.4. The number of benzene rings is 1. The van der Waals surface area contributed by atoms with Crippen molar-refractivity contribution in [2.75, 3.05) is 53.6 Å². The molecule has 1 aliphatic rings. The Morgan fingerprint density at radius 1 is 1.29 bits per heavy atom. The Balaban J connectivity index is 1.90. The van der Waals surface area contributed by atoms with Crippen molar-refractivity contribution in [2.45, 2.75) is 25.9 Å². The first-order chi connectivity index (χ1) is 13.5. The minimum Gasteiger partial charge on any atom is -0.493 e. The number of hydrogen-bond acceptors (Lipinski definition) is 5. The number of hydrogen-bond donors (Lipinski definition) is 2. The molecule has 1 heterocycles. The Morgan fingerprint density at radius 2 is 2.04 bits per heavy atom. The van der Waals surface area contributed by atoms with Gasteiger partial charge >= 0.3 is 0 Å². The highest BCUT2D eigenvalue weighted by molar-refractivity contribution is 5.79. The minimum absolute atomic E-state index is 0.0117. The summed E-state index contributed by atoms with van der Waals surface area (Å²) in [6.07, 6.45) is 5.28. The zero-order valence-corrected chi connectivity index (χ0v) is 17.4. The van der Waals surface area contributed by atoms with E-state index in [-0.39, 0.29) is 12.1 Å². The molecule has 0 spiro atoms. The molecule has 1 saturated heterocycles. The highest BCUT2D eigenvalue weighted by Gasteiger charge is 2.28. The van der Waals surface area contributed by atoms with Crippen LogP contribution in [0.2, 0.25) is 0 Å². The fraction of sp³-hybridized carbons (Fsp3) is 0.571. The molecule has 2 N–H and O–H groups in total. The van der Waals surface area contributed by atoms with E-state index in [0.29, 0.717) is 18.0 Å². The van der Waals surface area contributed by atoms with Gasteiger partial charge in [0.2, 0.25) is 0 Å². The standard InChI is InChI=1S/C21H32N4O3/c1-6-11-28-19-14-17(7-8-18(19)26-5)15-23-20(22-4)24-16-21(2,3)25-9-12-27-13-10-25/h1,7-8,14H,9-13,15-16H2,2-5H3,(H2,22,23,24). The average molecular weight is 389 g/mol. The third-order valence-corrected chi connectivity index (χ3v) is 4.78. The van der Waals surface area contributed by atoms with Crippen LogP contribution in [0, 0.1) is 12.3 Å². The summed E-state index contributed by atoms with van der Waals surface area (Å²) in [7, 11) is 3.38. The number of methoxy groups -OCH3 is 1. The van der Waals surface area contributed by atoms with Crippen molar-refractivity contribution in [3.8, 4) is 23.8 Å². The van der Waals surface area contributed by atoms with Gasteiger partial charge in [-0.05, 0) is 31.5 Å². The van der Waals surface area contributed by atoms with E-state index in [2.05, 4.69) is 40.3 Å². The number of rotatable bonds is 8. The maximum Gasteiger partial charge on any atom is 0.191 e. The maximum absolute atomic E-state index is 5.56. The van der Waals surface area contributed by atoms with Gasteiger partial charge < -0.3 is 24.8 Å². The first-order valence-corrected chi connectivity index (χ1v) is 9.50. The summed E-state index contributed by atoms with van der Waals surface area (Å²) >= 11 is 0. The third-order valence-electron chi connectivity index (χ3n) is 4.78. The molecule has 1 fully saturated rings. The highest BCUT2D eigenvalue weighted by atomic mass is 16.5. The summed E-state index contributed by atoms with van der Waals surface area (Å²) in [5.41, 5.74) is 1.06. The van der Waals surface area contributed by atoms with Gasteiger partial charge in [-0.15, -0.1) is 6.42 Å². The summed E-state index contributed by atoms with van der Waals surface area (Å²) in [5.74, 6) is 4.52. The van der Waals surface area contributed by atoms with Crippen LogP contribution in [0.15, 0.2) is 23.2 Å². The summed E-state index contributed by atoms with van der Waals surface area (Å²) in [5, 5.41) is 6.76. The van der Waals surface area contributed by atoms with Crippen LogP contribution >= 0.6 is 0 Å². The molecule has 1 aromatic carbocycles. The molecule has 0 bridgehead atoms. The van der Waals surface area contributed by atoms with E-state index >= 15 is 0 Å². The number of guanidine groups is 1. The van der Waals surface area contributed by atoms with Gasteiger partial charge in [0.05, 0.1) is 20.3 Å². The second-order valence-corrected chi connectivity index (χ2v) is 7.17. The third kappa shape index (κ3) is 6.32. The second-order valence-electron chi connectivity index (χ2n) is 7.17. The van der Waals surface area contributed by atoms with E-state index in [9.17, 15) is 0 Å². The first kappa shape index (κ1) is 21.9. The van der Waals surface area contributed by atoms with Crippen LogP contribution in [0.4, 0.5) is 0 Å². The molecule has 7 nitrogen and oxygen atoms in total. The lowest BCUT2D eigenvalue weighted by molar-refractivity contribution is -0.00834. The molecular formula is C21H32N4O3. The molecule has 154 valence electrons. The van der Waals surface area contributed by atoms with Crippen molar-refractivity contribution >= 4 is 5.96 Å². The van der Waals surface area contributed by atoms with E-state index in [0.717, 1.165) is 44.4 Å². The highest BCUT2D eigenvalue weighted by Crippen LogP contribution is 2.28. The van der Waals surface area contributed by atoms with Gasteiger partial charge in [-0.1, -0.05) is 12.0 Å². The van der Waals surface area contributed by atoms with Crippen molar-refractivity contribution < 1.29 is 14.2 Å². The van der Waals surface area contributed by atoms with Gasteiger partial charge in [0.25, 0.3) is 0 Å². The van der Waals surface area contributed by atoms with Crippen molar-refractivity contribution in [1.82, 2.24) is 15.5 Å². The molecule has 0 unspecified atom stereocenters. The molecule has 7 heteroatoms. The van der Waals surface area contributed by atoms with Crippen molar-refractivity contribution in [3.63, 3.8) is 0 Å². The molecule has 0 amide bonds. The molecule has 0 saturated carbocycles. The normalized spacial score (nSPS) is 15.6. The van der Waals surface area contributed by atoms with Crippen LogP contribution in [0.1, 0.15) is 19.4 Å². The van der Waals surface area contributed by atoms with Crippen LogP contribution < -0.4 is 20.1 Å². The Morgan fingerprint density at radius 3 is 2.68 bits per heavy atom. The predicted molar refractivity (Wildman–Crippen MR) is 112 cm³/mol. The van der Waals surface area contributed by atoms with Crippen LogP contribution in [0.5, 0.6) is 11.5 Å². The van der Waals surface area contributed by atoms with Gasteiger partial charge in [0.15, 0.2) is 17.5 Å². The lowest BCUT2D eigenvalue weighted by atomic mass is 10.0. The summed E-state index contributed by atoms with van der Waals surface area (Å²) < 4.78 is 16.3. The fourth-order valence-electron chi connectivity index (χ4n) is 3.05. The molecule has 28 heavy (non-hydrogen) atoms. The zero-order valence-electron chi connectivity index (χ0n) is 17.4. The number of aliphatic imine (C=N–C) groups is 1. The van der Waals surface area contributed by atoms with E-state index < -0.39 is 0 Å². The molecule has 1 aromatic rings. The molecule has 0 atom stereocenters. The smallest absolute Gasteiger partial charge is 0.191 e. The Labute approximate surface area is 168 Å². The minimum atomic E-state index is 0.0117. The summed E-state index contributed by atoms with van der Waals surface area (Å²) in [4.78, 5) is 6.77. The number of nitrogens with zero attached hydrogens (tertiary/aromatic N) is 2. The monoisotopic (exact) mass is 388 g/mol. The topological polar surface area (TPSA) is 67.4 Å². The first-order valence-electron chi connectivity index (χ1n) is 9.50. The van der Waals surface area contributed by atoms with Crippen molar-refractivity contribution in [1.29, 1.82) is 0 Å². The van der Waals surface area contributed by atoms with E-state index in [1.165, 1.54) is 0 Å². The second kappa shape index (κ2) is 10.8. The quantitative estimate of drug-likeness (QED) is 0.400. The maximum atomic E-state index is 5.56. The number of nitrogens with one attached hydrogen (secondary N) is 2. The van der Waals surface area contributed by atoms with Crippen LogP contribution in [0.25, 0.3) is 0 Å². The van der Waals surface area contributed by atoms with Crippen LogP contribution in [-0.4, -0.2) is 70.0 Å². The van der Waals surface area contributed by atoms with E-state index in [1.54, 1.807) is 14.2 Å². The predicted octanol–water partition coefficient (Wildman–Crippen LogP) is 1.48. The van der Waals surface area contributed by atoms with Gasteiger partial charge in [0.1, 0.15) is 6.61 Å². The molecular weight excluding hydrogens is 356 g/mol. The molecule has 2 rings (SSSR count). The fourth-order valence-corrected chi connectivity index (χ4v) is 3.05. The van der Waals surface area contributed by atoms with Crippen molar-refractivity contribution in [3.05, 3.63) is 23.8 Å². The molecule has 0 radical (unpaired) electrons. The van der Waals surface area contributed by atoms with E-state index in [1.807, 2.05) is 18.2 Å². The number of terminal acetylenes is 1. The largest absolute Gasteiger partial charge is 0.493 e.